The van der Waals surface area contributed by atoms with Gasteiger partial charge in [0.25, 0.3) is 5.56 Å². The highest BCUT2D eigenvalue weighted by Crippen LogP contribution is 2.29. The Balaban J connectivity index is 1.54. The molecule has 7 nitrogen and oxygen atoms in total. The van der Waals surface area contributed by atoms with E-state index in [-0.39, 0.29) is 17.2 Å². The lowest BCUT2D eigenvalue weighted by molar-refractivity contribution is 0.247. The van der Waals surface area contributed by atoms with E-state index in [1.807, 2.05) is 25.1 Å². The van der Waals surface area contributed by atoms with Crippen LogP contribution in [0.25, 0.3) is 33.4 Å². The third-order valence-corrected chi connectivity index (χ3v) is 6.01. The van der Waals surface area contributed by atoms with E-state index in [1.165, 1.54) is 22.8 Å². The molecular formula is C25H19ClFN5O2. The summed E-state index contributed by atoms with van der Waals surface area (Å²) in [6.45, 7) is 1.53. The molecule has 0 aliphatic rings. The van der Waals surface area contributed by atoms with Crippen LogP contribution in [0.15, 0.2) is 71.9 Å². The number of aromatic amines is 1. The highest BCUT2D eigenvalue weighted by Gasteiger charge is 2.17. The van der Waals surface area contributed by atoms with E-state index in [0.29, 0.717) is 16.8 Å². The molecule has 0 aliphatic carbocycles. The first-order chi connectivity index (χ1) is 16.4. The topological polar surface area (TPSA) is 96.7 Å². The van der Waals surface area contributed by atoms with Gasteiger partial charge in [0.05, 0.1) is 17.7 Å². The normalized spacial score (nSPS) is 12.2. The van der Waals surface area contributed by atoms with Crippen LogP contribution in [0.4, 0.5) is 4.39 Å². The molecule has 0 radical (unpaired) electrons. The smallest absolute Gasteiger partial charge is 0.251 e. The molecule has 2 N–H and O–H groups in total. The van der Waals surface area contributed by atoms with E-state index in [0.717, 1.165) is 27.9 Å². The number of aliphatic hydroxyl groups excluding tert-OH is 1. The number of fused-ring (bicyclic) bond motifs is 1. The van der Waals surface area contributed by atoms with Crippen molar-refractivity contribution in [1.82, 2.24) is 24.7 Å². The fraction of sp³-hybridized carbons (Fsp3) is 0.120. The number of aromatic nitrogens is 5. The molecule has 5 aromatic rings. The molecule has 0 aliphatic heterocycles. The minimum Gasteiger partial charge on any atom is -0.394 e. The average molecular weight is 476 g/mol. The number of hydrogen-bond acceptors (Lipinski definition) is 5. The van der Waals surface area contributed by atoms with Crippen molar-refractivity contribution in [3.8, 4) is 22.4 Å². The minimum absolute atomic E-state index is 0.0217. The van der Waals surface area contributed by atoms with Crippen molar-refractivity contribution < 1.29 is 9.50 Å². The summed E-state index contributed by atoms with van der Waals surface area (Å²) in [6.07, 6.45) is 4.98. The molecule has 0 spiro atoms. The van der Waals surface area contributed by atoms with Gasteiger partial charge in [-0.15, -0.1) is 0 Å². The minimum atomic E-state index is -0.746. The fourth-order valence-electron chi connectivity index (χ4n) is 3.97. The molecule has 5 rings (SSSR count). The van der Waals surface area contributed by atoms with Gasteiger partial charge in [-0.05, 0) is 54.4 Å². The van der Waals surface area contributed by atoms with Crippen molar-refractivity contribution in [2.45, 2.75) is 13.0 Å². The van der Waals surface area contributed by atoms with Crippen molar-refractivity contribution in [1.29, 1.82) is 0 Å². The van der Waals surface area contributed by atoms with E-state index in [9.17, 15) is 14.3 Å². The molecule has 1 aromatic carbocycles. The Morgan fingerprint density at radius 2 is 1.94 bits per heavy atom. The number of aliphatic hydroxyl groups is 1. The molecule has 170 valence electrons. The summed E-state index contributed by atoms with van der Waals surface area (Å²) in [4.78, 5) is 21.7. The lowest BCUT2D eigenvalue weighted by Crippen LogP contribution is -2.26. The first kappa shape index (κ1) is 21.9. The Kier molecular flexibility index (Phi) is 5.69. The van der Waals surface area contributed by atoms with Gasteiger partial charge < -0.3 is 9.67 Å². The molecule has 0 saturated heterocycles. The summed E-state index contributed by atoms with van der Waals surface area (Å²) in [5.41, 5.74) is 4.66. The van der Waals surface area contributed by atoms with Crippen molar-refractivity contribution in [3.63, 3.8) is 0 Å². The summed E-state index contributed by atoms with van der Waals surface area (Å²) in [6, 6.07) is 12.4. The van der Waals surface area contributed by atoms with Gasteiger partial charge in [-0.3, -0.25) is 14.9 Å². The van der Waals surface area contributed by atoms with Crippen LogP contribution >= 0.6 is 11.6 Å². The second-order valence-corrected chi connectivity index (χ2v) is 8.32. The van der Waals surface area contributed by atoms with E-state index in [1.54, 1.807) is 30.7 Å². The van der Waals surface area contributed by atoms with Crippen molar-refractivity contribution >= 4 is 22.6 Å². The van der Waals surface area contributed by atoms with E-state index < -0.39 is 11.9 Å². The third kappa shape index (κ3) is 3.98. The Hall–Kier alpha value is -3.88. The van der Waals surface area contributed by atoms with E-state index in [2.05, 4.69) is 20.2 Å². The molecule has 0 saturated carbocycles. The molecule has 34 heavy (non-hydrogen) atoms. The van der Waals surface area contributed by atoms with Crippen LogP contribution in [-0.2, 0) is 0 Å². The van der Waals surface area contributed by atoms with Crippen molar-refractivity contribution in [3.05, 3.63) is 99.6 Å². The monoisotopic (exact) mass is 475 g/mol. The maximum absolute atomic E-state index is 13.9. The van der Waals surface area contributed by atoms with Crippen LogP contribution in [0.1, 0.15) is 17.3 Å². The highest BCUT2D eigenvalue weighted by molar-refractivity contribution is 6.30. The van der Waals surface area contributed by atoms with Crippen molar-refractivity contribution in [2.24, 2.45) is 0 Å². The standard InChI is InChI=1S/C25H19ClFN5O2/c1-14-8-17(4-6-28-14)24-19-9-18(12-29-25(19)31-30-24)15-5-7-32(23(34)11-15)22(13-33)16-2-3-20(26)21(27)10-16/h2-12,22,33H,13H2,1H3,(H,29,30,31). The largest absolute Gasteiger partial charge is 0.394 e. The van der Waals surface area contributed by atoms with Gasteiger partial charge in [0.2, 0.25) is 0 Å². The Bertz CT molecular complexity index is 1580. The summed E-state index contributed by atoms with van der Waals surface area (Å²) < 4.78 is 15.3. The fourth-order valence-corrected chi connectivity index (χ4v) is 4.09. The number of halogens is 2. The quantitative estimate of drug-likeness (QED) is 0.389. The van der Waals surface area contributed by atoms with Gasteiger partial charge in [-0.2, -0.15) is 5.10 Å². The zero-order valence-corrected chi connectivity index (χ0v) is 18.8. The molecule has 4 heterocycles. The third-order valence-electron chi connectivity index (χ3n) is 5.71. The number of hydrogen-bond donors (Lipinski definition) is 2. The van der Waals surface area contributed by atoms with Gasteiger partial charge in [0, 0.05) is 46.9 Å². The molecule has 0 amide bonds. The zero-order valence-electron chi connectivity index (χ0n) is 18.0. The molecule has 1 atom stereocenters. The number of nitrogens with one attached hydrogen (secondary N) is 1. The average Bonchev–Trinajstić information content (AvgIpc) is 3.26. The summed E-state index contributed by atoms with van der Waals surface area (Å²) in [5, 5.41) is 18.1. The van der Waals surface area contributed by atoms with Crippen LogP contribution in [0.2, 0.25) is 5.02 Å². The van der Waals surface area contributed by atoms with Crippen LogP contribution in [0, 0.1) is 12.7 Å². The number of aryl methyl sites for hydroxylation is 1. The van der Waals surface area contributed by atoms with Gasteiger partial charge >= 0.3 is 0 Å². The van der Waals surface area contributed by atoms with Crippen LogP contribution < -0.4 is 5.56 Å². The Labute approximate surface area is 198 Å². The predicted octanol–water partition coefficient (Wildman–Crippen LogP) is 4.53. The lowest BCUT2D eigenvalue weighted by atomic mass is 10.0. The second kappa shape index (κ2) is 8.81. The van der Waals surface area contributed by atoms with E-state index in [4.69, 9.17) is 11.6 Å². The molecule has 0 bridgehead atoms. The van der Waals surface area contributed by atoms with Gasteiger partial charge in [0.1, 0.15) is 11.5 Å². The molecular weight excluding hydrogens is 457 g/mol. The van der Waals surface area contributed by atoms with Gasteiger partial charge in [-0.25, -0.2) is 9.37 Å². The van der Waals surface area contributed by atoms with Crippen LogP contribution in [-0.4, -0.2) is 36.4 Å². The van der Waals surface area contributed by atoms with Gasteiger partial charge in [-0.1, -0.05) is 17.7 Å². The molecule has 0 fully saturated rings. The molecule has 9 heteroatoms. The highest BCUT2D eigenvalue weighted by atomic mass is 35.5. The first-order valence-corrected chi connectivity index (χ1v) is 10.9. The maximum atomic E-state index is 13.9. The Morgan fingerprint density at radius 3 is 2.68 bits per heavy atom. The zero-order chi connectivity index (χ0) is 23.8. The molecule has 4 aromatic heterocycles. The summed E-state index contributed by atoms with van der Waals surface area (Å²) in [5.74, 6) is -0.609. The number of pyridine rings is 3. The van der Waals surface area contributed by atoms with Crippen LogP contribution in [0.3, 0.4) is 0 Å². The maximum Gasteiger partial charge on any atom is 0.251 e. The van der Waals surface area contributed by atoms with Crippen molar-refractivity contribution in [2.75, 3.05) is 6.61 Å². The molecule has 1 unspecified atom stereocenters. The SMILES string of the molecule is Cc1cc(-c2n[nH]c3ncc(-c4ccn(C(CO)c5ccc(Cl)c(F)c5)c(=O)c4)cc23)ccn1. The lowest BCUT2D eigenvalue weighted by Gasteiger charge is -2.18. The summed E-state index contributed by atoms with van der Waals surface area (Å²) in [7, 11) is 0. The number of H-pyrrole nitrogens is 1. The van der Waals surface area contributed by atoms with Crippen LogP contribution in [0.5, 0.6) is 0 Å². The number of benzene rings is 1. The van der Waals surface area contributed by atoms with E-state index >= 15 is 0 Å². The predicted molar refractivity (Wildman–Crippen MR) is 128 cm³/mol. The second-order valence-electron chi connectivity index (χ2n) is 7.91. The number of rotatable bonds is 5. The number of nitrogens with zero attached hydrogens (tertiary/aromatic N) is 4. The summed E-state index contributed by atoms with van der Waals surface area (Å²) >= 11 is 5.76. The first-order valence-electron chi connectivity index (χ1n) is 10.5. The Morgan fingerprint density at radius 1 is 1.09 bits per heavy atom. The van der Waals surface area contributed by atoms with Gasteiger partial charge in [0.15, 0.2) is 5.65 Å².